The SMILES string of the molecule is COC(=O)C(C)(C)NC(=O)[C@H](Cc1cn(C(c2ccccc2)(c2ccccc2)c2ccccc2)cn1)NC(=O)OC(C)(C)C. The van der Waals surface area contributed by atoms with Crippen molar-refractivity contribution in [2.24, 2.45) is 0 Å². The van der Waals surface area contributed by atoms with Crippen LogP contribution in [0.3, 0.4) is 0 Å². The van der Waals surface area contributed by atoms with E-state index in [1.54, 1.807) is 27.1 Å². The van der Waals surface area contributed by atoms with Crippen LogP contribution in [-0.4, -0.2) is 51.8 Å². The monoisotopic (exact) mass is 596 g/mol. The predicted octanol–water partition coefficient (Wildman–Crippen LogP) is 5.23. The van der Waals surface area contributed by atoms with Crippen LogP contribution >= 0.6 is 0 Å². The standard InChI is InChI=1S/C35H40N4O5/c1-33(2,3)44-32(42)37-29(30(40)38-34(4,5)31(41)43-6)22-28-23-39(24-36-28)35(25-16-10-7-11-17-25,26-18-12-8-13-19-26)27-20-14-9-15-21-27/h7-21,23-24,29H,22H2,1-6H3,(H,37,42)(H,38,40)/t29-/m0/s1. The number of amides is 2. The molecule has 0 saturated carbocycles. The van der Waals surface area contributed by atoms with Crippen molar-refractivity contribution in [3.8, 4) is 0 Å². The average Bonchev–Trinajstić information content (AvgIpc) is 3.46. The minimum absolute atomic E-state index is 0.0315. The maximum absolute atomic E-state index is 13.5. The molecule has 44 heavy (non-hydrogen) atoms. The van der Waals surface area contributed by atoms with E-state index in [1.165, 1.54) is 21.0 Å². The molecule has 0 unspecified atom stereocenters. The Morgan fingerprint density at radius 3 is 1.70 bits per heavy atom. The van der Waals surface area contributed by atoms with E-state index in [9.17, 15) is 14.4 Å². The van der Waals surface area contributed by atoms with Gasteiger partial charge in [-0.25, -0.2) is 14.6 Å². The normalized spacial score (nSPS) is 12.6. The van der Waals surface area contributed by atoms with Crippen molar-refractivity contribution in [1.82, 2.24) is 20.2 Å². The van der Waals surface area contributed by atoms with E-state index < -0.39 is 40.7 Å². The molecule has 1 atom stereocenters. The van der Waals surface area contributed by atoms with Gasteiger partial charge in [0.15, 0.2) is 0 Å². The maximum Gasteiger partial charge on any atom is 0.408 e. The summed E-state index contributed by atoms with van der Waals surface area (Å²) >= 11 is 0. The second kappa shape index (κ2) is 13.2. The number of methoxy groups -OCH3 is 1. The van der Waals surface area contributed by atoms with Gasteiger partial charge in [-0.3, -0.25) is 4.79 Å². The number of rotatable bonds is 10. The van der Waals surface area contributed by atoms with Crippen LogP contribution in [0.1, 0.15) is 57.0 Å². The molecule has 0 bridgehead atoms. The van der Waals surface area contributed by atoms with Crippen LogP contribution in [-0.2, 0) is 31.0 Å². The van der Waals surface area contributed by atoms with E-state index in [1.807, 2.05) is 65.4 Å². The Labute approximate surface area is 258 Å². The van der Waals surface area contributed by atoms with E-state index in [0.717, 1.165) is 16.7 Å². The van der Waals surface area contributed by atoms with E-state index in [4.69, 9.17) is 14.5 Å². The summed E-state index contributed by atoms with van der Waals surface area (Å²) in [7, 11) is 1.25. The van der Waals surface area contributed by atoms with Gasteiger partial charge in [-0.1, -0.05) is 91.0 Å². The first-order valence-electron chi connectivity index (χ1n) is 14.5. The topological polar surface area (TPSA) is 112 Å². The number of aromatic nitrogens is 2. The minimum atomic E-state index is -1.33. The first-order valence-corrected chi connectivity index (χ1v) is 14.5. The van der Waals surface area contributed by atoms with Crippen LogP contribution in [0.15, 0.2) is 104 Å². The van der Waals surface area contributed by atoms with Gasteiger partial charge in [-0.2, -0.15) is 0 Å². The summed E-state index contributed by atoms with van der Waals surface area (Å²) in [6, 6.07) is 29.3. The number of imidazole rings is 1. The molecule has 2 amide bonds. The molecule has 0 saturated heterocycles. The first-order chi connectivity index (χ1) is 20.9. The third-order valence-electron chi connectivity index (χ3n) is 7.15. The molecule has 9 heteroatoms. The molecule has 9 nitrogen and oxygen atoms in total. The third kappa shape index (κ3) is 7.16. The van der Waals surface area contributed by atoms with Gasteiger partial charge in [0.05, 0.1) is 19.1 Å². The Morgan fingerprint density at radius 1 is 0.795 bits per heavy atom. The Hall–Kier alpha value is -4.92. The van der Waals surface area contributed by atoms with Crippen LogP contribution in [0.5, 0.6) is 0 Å². The Morgan fingerprint density at radius 2 is 1.27 bits per heavy atom. The highest BCUT2D eigenvalue weighted by Gasteiger charge is 2.39. The zero-order valence-corrected chi connectivity index (χ0v) is 26.0. The number of carbonyl (C=O) groups is 3. The van der Waals surface area contributed by atoms with Crippen molar-refractivity contribution in [2.75, 3.05) is 7.11 Å². The highest BCUT2D eigenvalue weighted by Crippen LogP contribution is 2.40. The van der Waals surface area contributed by atoms with Crippen LogP contribution in [0.2, 0.25) is 0 Å². The summed E-state index contributed by atoms with van der Waals surface area (Å²) in [5.74, 6) is -1.20. The molecule has 1 heterocycles. The summed E-state index contributed by atoms with van der Waals surface area (Å²) in [5.41, 5.74) is 0.690. The molecule has 2 N–H and O–H groups in total. The quantitative estimate of drug-likeness (QED) is 0.192. The second-order valence-electron chi connectivity index (χ2n) is 12.1. The highest BCUT2D eigenvalue weighted by atomic mass is 16.6. The summed E-state index contributed by atoms with van der Waals surface area (Å²) < 4.78 is 12.3. The van der Waals surface area contributed by atoms with Crippen LogP contribution in [0, 0.1) is 0 Å². The van der Waals surface area contributed by atoms with E-state index >= 15 is 0 Å². The maximum atomic E-state index is 13.5. The largest absolute Gasteiger partial charge is 0.467 e. The van der Waals surface area contributed by atoms with Crippen molar-refractivity contribution in [3.05, 3.63) is 126 Å². The fraction of sp³-hybridized carbons (Fsp3) is 0.314. The molecule has 0 aliphatic rings. The number of ether oxygens (including phenoxy) is 2. The van der Waals surface area contributed by atoms with Crippen molar-refractivity contribution in [2.45, 2.75) is 63.8 Å². The number of benzene rings is 3. The van der Waals surface area contributed by atoms with Crippen LogP contribution in [0.25, 0.3) is 0 Å². The molecule has 0 aliphatic carbocycles. The van der Waals surface area contributed by atoms with Gasteiger partial charge in [0.2, 0.25) is 5.91 Å². The van der Waals surface area contributed by atoms with Gasteiger partial charge in [0, 0.05) is 12.6 Å². The summed E-state index contributed by atoms with van der Waals surface area (Å²) in [5, 5.41) is 5.36. The lowest BCUT2D eigenvalue weighted by molar-refractivity contribution is -0.149. The lowest BCUT2D eigenvalue weighted by Gasteiger charge is -2.37. The number of carbonyl (C=O) groups excluding carboxylic acids is 3. The molecule has 4 rings (SSSR count). The van der Waals surface area contributed by atoms with Crippen molar-refractivity contribution in [3.63, 3.8) is 0 Å². The molecule has 230 valence electrons. The van der Waals surface area contributed by atoms with Crippen molar-refractivity contribution in [1.29, 1.82) is 0 Å². The fourth-order valence-corrected chi connectivity index (χ4v) is 5.21. The van der Waals surface area contributed by atoms with E-state index in [2.05, 4.69) is 47.0 Å². The van der Waals surface area contributed by atoms with Crippen LogP contribution in [0.4, 0.5) is 4.79 Å². The number of esters is 1. The Bertz CT molecular complexity index is 1460. The molecule has 3 aromatic carbocycles. The van der Waals surface area contributed by atoms with Gasteiger partial charge in [-0.15, -0.1) is 0 Å². The molecule has 0 fully saturated rings. The molecule has 0 aliphatic heterocycles. The summed E-state index contributed by atoms with van der Waals surface area (Å²) in [4.78, 5) is 43.4. The minimum Gasteiger partial charge on any atom is -0.467 e. The smallest absolute Gasteiger partial charge is 0.408 e. The van der Waals surface area contributed by atoms with Crippen LogP contribution < -0.4 is 10.6 Å². The summed E-state index contributed by atoms with van der Waals surface area (Å²) in [6.45, 7) is 8.27. The highest BCUT2D eigenvalue weighted by molar-refractivity contribution is 5.91. The van der Waals surface area contributed by atoms with Gasteiger partial charge < -0.3 is 24.7 Å². The lowest BCUT2D eigenvalue weighted by Crippen LogP contribution is -2.57. The Kier molecular flexibility index (Phi) is 9.57. The van der Waals surface area contributed by atoms with E-state index in [-0.39, 0.29) is 6.42 Å². The molecule has 0 radical (unpaired) electrons. The van der Waals surface area contributed by atoms with Gasteiger partial charge >= 0.3 is 12.1 Å². The molecular weight excluding hydrogens is 556 g/mol. The lowest BCUT2D eigenvalue weighted by atomic mass is 9.77. The van der Waals surface area contributed by atoms with Crippen molar-refractivity contribution >= 4 is 18.0 Å². The number of hydrogen-bond donors (Lipinski definition) is 2. The zero-order valence-electron chi connectivity index (χ0n) is 26.0. The Balaban J connectivity index is 1.78. The van der Waals surface area contributed by atoms with Crippen molar-refractivity contribution < 1.29 is 23.9 Å². The van der Waals surface area contributed by atoms with Gasteiger partial charge in [0.1, 0.15) is 22.7 Å². The molecular formula is C35H40N4O5. The zero-order chi connectivity index (χ0) is 32.0. The number of nitrogens with one attached hydrogen (secondary N) is 2. The second-order valence-corrected chi connectivity index (χ2v) is 12.1. The fourth-order valence-electron chi connectivity index (χ4n) is 5.21. The third-order valence-corrected chi connectivity index (χ3v) is 7.15. The molecule has 1 aromatic heterocycles. The summed E-state index contributed by atoms with van der Waals surface area (Å²) in [6.07, 6.45) is 2.89. The van der Waals surface area contributed by atoms with E-state index in [0.29, 0.717) is 5.69 Å². The molecule has 0 spiro atoms. The predicted molar refractivity (Wildman–Crippen MR) is 168 cm³/mol. The molecule has 4 aromatic rings. The number of hydrogen-bond acceptors (Lipinski definition) is 6. The first kappa shape index (κ1) is 32.0. The number of nitrogens with zero attached hydrogens (tertiary/aromatic N) is 2. The average molecular weight is 597 g/mol. The number of alkyl carbamates (subject to hydrolysis) is 1. The van der Waals surface area contributed by atoms with Gasteiger partial charge in [0.25, 0.3) is 0 Å². The van der Waals surface area contributed by atoms with Gasteiger partial charge in [-0.05, 0) is 51.3 Å².